The van der Waals surface area contributed by atoms with Crippen LogP contribution in [-0.4, -0.2) is 0 Å². The van der Waals surface area contributed by atoms with Gasteiger partial charge in [-0.25, -0.2) is 0 Å². The SMILES string of the molecule is Cl[C](c1c(Cl)c(Cl)c(Cl)c(Cl)c1Cl)c1c(Cl)c(Cl)c(Cl)c(Cl)c1-c1c(Cl)c(Cl)c(Cl)c(Cl)c1Cl. The molecule has 0 saturated carbocycles. The summed E-state index contributed by atoms with van der Waals surface area (Å²) in [7, 11) is 0. The molecular weight excluding hydrogens is 760 g/mol. The van der Waals surface area contributed by atoms with E-state index in [1.54, 1.807) is 0 Å². The molecule has 0 aliphatic heterocycles. The highest BCUT2D eigenvalue weighted by atomic mass is 35.5. The van der Waals surface area contributed by atoms with Crippen molar-refractivity contribution < 1.29 is 0 Å². The topological polar surface area (TPSA) is 0 Å². The lowest BCUT2D eigenvalue weighted by Gasteiger charge is -2.24. The maximum Gasteiger partial charge on any atom is 0.127 e. The lowest BCUT2D eigenvalue weighted by atomic mass is 9.93. The number of hydrogen-bond donors (Lipinski definition) is 0. The van der Waals surface area contributed by atoms with Gasteiger partial charge < -0.3 is 0 Å². The number of rotatable bonds is 3. The van der Waals surface area contributed by atoms with E-state index >= 15 is 0 Å². The molecule has 0 spiro atoms. The second-order valence-electron chi connectivity index (χ2n) is 6.21. The first-order valence-corrected chi connectivity index (χ1v) is 13.8. The minimum Gasteiger partial charge on any atom is -0.106 e. The van der Waals surface area contributed by atoms with Crippen molar-refractivity contribution in [3.63, 3.8) is 0 Å². The Kier molecular flexibility index (Phi) is 10.4. The van der Waals surface area contributed by atoms with Crippen LogP contribution in [0.3, 0.4) is 0 Å². The van der Waals surface area contributed by atoms with Crippen molar-refractivity contribution in [2.75, 3.05) is 0 Å². The molecule has 15 heteroatoms. The highest BCUT2D eigenvalue weighted by molar-refractivity contribution is 6.59. The third kappa shape index (κ3) is 5.01. The van der Waals surface area contributed by atoms with Gasteiger partial charge in [-0.05, 0) is 0 Å². The quantitative estimate of drug-likeness (QED) is 0.184. The lowest BCUT2D eigenvalue weighted by Crippen LogP contribution is -2.04. The Morgan fingerprint density at radius 2 is 0.500 bits per heavy atom. The van der Waals surface area contributed by atoms with Gasteiger partial charge in [0, 0.05) is 22.3 Å². The second-order valence-corrected chi connectivity index (χ2v) is 11.9. The average Bonchev–Trinajstić information content (AvgIpc) is 2.80. The Balaban J connectivity index is 2.56. The van der Waals surface area contributed by atoms with E-state index in [4.69, 9.17) is 174 Å². The van der Waals surface area contributed by atoms with E-state index < -0.39 is 0 Å². The number of hydrogen-bond acceptors (Lipinski definition) is 0. The molecule has 0 nitrogen and oxygen atoms in total. The molecule has 0 bridgehead atoms. The Labute approximate surface area is 268 Å². The van der Waals surface area contributed by atoms with Crippen molar-refractivity contribution in [1.29, 1.82) is 0 Å². The Morgan fingerprint density at radius 1 is 0.265 bits per heavy atom. The zero-order valence-corrected chi connectivity index (χ0v) is 26.5. The van der Waals surface area contributed by atoms with E-state index in [1.807, 2.05) is 0 Å². The van der Waals surface area contributed by atoms with Gasteiger partial charge in [-0.2, -0.15) is 0 Å². The van der Waals surface area contributed by atoms with Crippen LogP contribution < -0.4 is 0 Å². The van der Waals surface area contributed by atoms with Crippen LogP contribution in [-0.2, 0) is 0 Å². The van der Waals surface area contributed by atoms with Crippen molar-refractivity contribution in [3.8, 4) is 11.1 Å². The van der Waals surface area contributed by atoms with E-state index in [0.29, 0.717) is 0 Å². The van der Waals surface area contributed by atoms with E-state index in [0.717, 1.165) is 0 Å². The Hall–Kier alpha value is 2.01. The molecule has 0 saturated heterocycles. The van der Waals surface area contributed by atoms with Crippen molar-refractivity contribution >= 4 is 174 Å². The van der Waals surface area contributed by atoms with Gasteiger partial charge in [0.1, 0.15) is 5.38 Å². The van der Waals surface area contributed by atoms with Crippen LogP contribution in [0.15, 0.2) is 0 Å². The van der Waals surface area contributed by atoms with Crippen LogP contribution in [0.2, 0.25) is 70.3 Å². The number of halogens is 15. The molecule has 0 amide bonds. The van der Waals surface area contributed by atoms with Crippen molar-refractivity contribution in [1.82, 2.24) is 0 Å². The molecule has 3 rings (SSSR count). The van der Waals surface area contributed by atoms with E-state index in [9.17, 15) is 0 Å². The van der Waals surface area contributed by atoms with Gasteiger partial charge >= 0.3 is 0 Å². The van der Waals surface area contributed by atoms with E-state index in [1.165, 1.54) is 0 Å². The van der Waals surface area contributed by atoms with E-state index in [2.05, 4.69) is 0 Å². The summed E-state index contributed by atoms with van der Waals surface area (Å²) in [6, 6.07) is 0. The first-order valence-electron chi connectivity index (χ1n) is 8.08. The van der Waals surface area contributed by atoms with Crippen molar-refractivity contribution in [2.24, 2.45) is 0 Å². The van der Waals surface area contributed by atoms with Crippen LogP contribution in [0.4, 0.5) is 0 Å². The average molecular weight is 760 g/mol. The van der Waals surface area contributed by atoms with Gasteiger partial charge in [0.05, 0.1) is 70.3 Å². The zero-order chi connectivity index (χ0) is 26.0. The maximum atomic E-state index is 6.78. The fourth-order valence-electron chi connectivity index (χ4n) is 2.82. The molecule has 0 aromatic heterocycles. The van der Waals surface area contributed by atoms with Gasteiger partial charge in [-0.3, -0.25) is 0 Å². The zero-order valence-electron chi connectivity index (χ0n) is 15.2. The molecule has 1 radical (unpaired) electrons. The molecule has 3 aromatic rings. The monoisotopic (exact) mass is 753 g/mol. The van der Waals surface area contributed by atoms with Crippen LogP contribution in [0.1, 0.15) is 11.1 Å². The predicted molar refractivity (Wildman–Crippen MR) is 156 cm³/mol. The molecule has 3 aromatic carbocycles. The summed E-state index contributed by atoms with van der Waals surface area (Å²) in [5, 5.41) is -2.03. The highest BCUT2D eigenvalue weighted by Crippen LogP contribution is 2.58. The molecule has 34 heavy (non-hydrogen) atoms. The smallest absolute Gasteiger partial charge is 0.106 e. The molecule has 0 fully saturated rings. The summed E-state index contributed by atoms with van der Waals surface area (Å²) in [5.74, 6) is 0. The molecule has 0 atom stereocenters. The highest BCUT2D eigenvalue weighted by Gasteiger charge is 2.35. The predicted octanol–water partition coefficient (Wildman–Crippen LogP) is 14.7. The summed E-state index contributed by atoms with van der Waals surface area (Å²) >= 11 is 95.5. The molecule has 0 heterocycles. The van der Waals surface area contributed by atoms with Crippen molar-refractivity contribution in [2.45, 2.75) is 0 Å². The summed E-state index contributed by atoms with van der Waals surface area (Å²) in [5.41, 5.74) is -0.0877. The minimum absolute atomic E-state index is 0.000229. The summed E-state index contributed by atoms with van der Waals surface area (Å²) in [6.45, 7) is 0. The molecule has 181 valence electrons. The normalized spacial score (nSPS) is 11.6. The van der Waals surface area contributed by atoms with Crippen LogP contribution in [0.25, 0.3) is 11.1 Å². The summed E-state index contributed by atoms with van der Waals surface area (Å²) < 4.78 is 0. The van der Waals surface area contributed by atoms with Crippen LogP contribution >= 0.6 is 174 Å². The molecule has 0 N–H and O–H groups in total. The largest absolute Gasteiger partial charge is 0.127 e. The van der Waals surface area contributed by atoms with Gasteiger partial charge in [0.25, 0.3) is 0 Å². The molecule has 0 unspecified atom stereocenters. The van der Waals surface area contributed by atoms with Gasteiger partial charge in [0.2, 0.25) is 0 Å². The van der Waals surface area contributed by atoms with Crippen LogP contribution in [0.5, 0.6) is 0 Å². The maximum absolute atomic E-state index is 6.78. The Bertz CT molecular complexity index is 1300. The first kappa shape index (κ1) is 30.6. The Morgan fingerprint density at radius 3 is 0.853 bits per heavy atom. The molecule has 0 aliphatic rings. The molecular formula is C19Cl15. The van der Waals surface area contributed by atoms with Crippen molar-refractivity contribution in [3.05, 3.63) is 86.8 Å². The minimum atomic E-state index is -0.203. The second kappa shape index (κ2) is 11.6. The third-order valence-electron chi connectivity index (χ3n) is 4.38. The summed E-state index contributed by atoms with van der Waals surface area (Å²) in [6.07, 6.45) is 0. The third-order valence-corrected chi connectivity index (χ3v) is 11.1. The van der Waals surface area contributed by atoms with Gasteiger partial charge in [-0.15, -0.1) is 11.6 Å². The number of benzene rings is 3. The standard InChI is InChI=1S/C19Cl15/c20-5(4-10(25)16(31)19(34)17(32)11(4)26)2-1(6(21)12(27)13(28)7(2)22)3-8(23)14(29)18(33)15(30)9(3)24. The van der Waals surface area contributed by atoms with Gasteiger partial charge in [0.15, 0.2) is 0 Å². The fourth-order valence-corrected chi connectivity index (χ4v) is 7.04. The van der Waals surface area contributed by atoms with Gasteiger partial charge in [-0.1, -0.05) is 162 Å². The lowest BCUT2D eigenvalue weighted by molar-refractivity contribution is 1.37. The van der Waals surface area contributed by atoms with Crippen LogP contribution in [0, 0.1) is 5.38 Å². The fraction of sp³-hybridized carbons (Fsp3) is 0. The first-order chi connectivity index (χ1) is 15.7. The summed E-state index contributed by atoms with van der Waals surface area (Å²) in [4.78, 5) is 0. The van der Waals surface area contributed by atoms with E-state index in [-0.39, 0.29) is 97.9 Å². The molecule has 0 aliphatic carbocycles.